The zero-order chi connectivity index (χ0) is 34.6. The number of ether oxygens (including phenoxy) is 4. The van der Waals surface area contributed by atoms with E-state index in [4.69, 9.17) is 18.9 Å². The van der Waals surface area contributed by atoms with Crippen molar-refractivity contribution in [2.75, 3.05) is 0 Å². The van der Waals surface area contributed by atoms with Crippen molar-refractivity contribution in [3.8, 4) is 0 Å². The predicted octanol–water partition coefficient (Wildman–Crippen LogP) is 4.85. The van der Waals surface area contributed by atoms with Gasteiger partial charge in [0.25, 0.3) is 11.6 Å². The van der Waals surface area contributed by atoms with Gasteiger partial charge in [-0.2, -0.15) is 0 Å². The summed E-state index contributed by atoms with van der Waals surface area (Å²) in [4.78, 5) is 75.2. The van der Waals surface area contributed by atoms with Gasteiger partial charge in [-0.25, -0.2) is 19.2 Å². The van der Waals surface area contributed by atoms with Crippen molar-refractivity contribution in [1.29, 1.82) is 0 Å². The number of hydrogen-bond acceptors (Lipinski definition) is 12. The Hall–Kier alpha value is -5.26. The van der Waals surface area contributed by atoms with E-state index in [-0.39, 0.29) is 82.9 Å². The molecule has 0 aromatic heterocycles. The Balaban J connectivity index is 1.15. The molecule has 0 bridgehead atoms. The summed E-state index contributed by atoms with van der Waals surface area (Å²) < 4.78 is 22.0. The number of ketones is 2. The van der Waals surface area contributed by atoms with E-state index in [2.05, 4.69) is 0 Å². The van der Waals surface area contributed by atoms with Crippen molar-refractivity contribution in [2.24, 2.45) is 11.8 Å². The van der Waals surface area contributed by atoms with Crippen LogP contribution in [0, 0.1) is 11.8 Å². The van der Waals surface area contributed by atoms with E-state index in [1.807, 2.05) is 13.8 Å². The van der Waals surface area contributed by atoms with Crippen LogP contribution in [0.15, 0.2) is 94.6 Å². The first-order chi connectivity index (χ1) is 22.8. The molecule has 48 heavy (non-hydrogen) atoms. The number of carbonyl (C=O) groups excluding carboxylic acids is 6. The Bertz CT molecular complexity index is 1520. The molecule has 3 aliphatic carbocycles. The minimum absolute atomic E-state index is 0.0321. The lowest BCUT2D eigenvalue weighted by molar-refractivity contribution is -0.291. The molecule has 0 amide bonds. The van der Waals surface area contributed by atoms with E-state index in [1.165, 1.54) is 60.8 Å². The van der Waals surface area contributed by atoms with Crippen LogP contribution in [0.1, 0.15) is 65.2 Å². The van der Waals surface area contributed by atoms with E-state index in [0.29, 0.717) is 25.7 Å². The first-order valence-corrected chi connectivity index (χ1v) is 15.8. The maximum Gasteiger partial charge on any atom is 0.348 e. The topological polar surface area (TPSA) is 180 Å². The summed E-state index contributed by atoms with van der Waals surface area (Å²) in [5.74, 6) is -7.37. The maximum atomic E-state index is 12.8. The molecule has 12 heteroatoms. The summed E-state index contributed by atoms with van der Waals surface area (Å²) in [6.07, 6.45) is 15.6. The SMILES string of the molecule is CC1CCC(=O)C(C=CC=CC=C2C(=O)OC3(CCC4(CC3)OC(=O)C(=C/C=C/C=C/C3=C(O)C(C)CCC3=O)C(=O)O4)OC2=O)=C1O. The van der Waals surface area contributed by atoms with E-state index in [9.17, 15) is 39.0 Å². The highest BCUT2D eigenvalue weighted by atomic mass is 16.8. The van der Waals surface area contributed by atoms with Gasteiger partial charge in [0.1, 0.15) is 22.7 Å². The minimum atomic E-state index is -1.62. The van der Waals surface area contributed by atoms with Crippen LogP contribution in [0.25, 0.3) is 0 Å². The average Bonchev–Trinajstić information content (AvgIpc) is 3.03. The van der Waals surface area contributed by atoms with Crippen LogP contribution in [-0.4, -0.2) is 57.2 Å². The lowest BCUT2D eigenvalue weighted by Gasteiger charge is -2.45. The third-order valence-electron chi connectivity index (χ3n) is 8.96. The van der Waals surface area contributed by atoms with Crippen molar-refractivity contribution in [3.05, 3.63) is 94.6 Å². The molecule has 12 nitrogen and oxygen atoms in total. The molecule has 3 fully saturated rings. The molecule has 1 saturated carbocycles. The highest BCUT2D eigenvalue weighted by molar-refractivity contribution is 6.16. The lowest BCUT2D eigenvalue weighted by Crippen LogP contribution is -2.56. The summed E-state index contributed by atoms with van der Waals surface area (Å²) in [6, 6.07) is 0. The number of hydrogen-bond donors (Lipinski definition) is 2. The predicted molar refractivity (Wildman–Crippen MR) is 167 cm³/mol. The van der Waals surface area contributed by atoms with Crippen LogP contribution in [0.5, 0.6) is 0 Å². The van der Waals surface area contributed by atoms with Gasteiger partial charge in [0.15, 0.2) is 11.6 Å². The molecular weight excluding hydrogens is 624 g/mol. The molecule has 2 unspecified atom stereocenters. The summed E-state index contributed by atoms with van der Waals surface area (Å²) in [7, 11) is 0. The summed E-state index contributed by atoms with van der Waals surface area (Å²) in [6.45, 7) is 3.66. The van der Waals surface area contributed by atoms with Crippen molar-refractivity contribution < 1.29 is 57.9 Å². The average molecular weight is 661 g/mol. The molecule has 0 radical (unpaired) electrons. The number of esters is 4. The van der Waals surface area contributed by atoms with Gasteiger partial charge in [-0.3, -0.25) is 9.59 Å². The molecule has 2 spiro atoms. The number of aliphatic hydroxyl groups is 2. The van der Waals surface area contributed by atoms with Gasteiger partial charge in [-0.05, 0) is 37.1 Å². The number of aliphatic hydroxyl groups excluding tert-OH is 2. The first-order valence-electron chi connectivity index (χ1n) is 15.8. The molecule has 2 aliphatic heterocycles. The van der Waals surface area contributed by atoms with Gasteiger partial charge >= 0.3 is 23.9 Å². The fourth-order valence-electron chi connectivity index (χ4n) is 5.94. The molecule has 2 heterocycles. The Kier molecular flexibility index (Phi) is 9.83. The Labute approximate surface area is 276 Å². The second-order valence-electron chi connectivity index (χ2n) is 12.4. The summed E-state index contributed by atoms with van der Waals surface area (Å²) in [5, 5.41) is 20.3. The van der Waals surface area contributed by atoms with Crippen molar-refractivity contribution in [1.82, 2.24) is 0 Å². The highest BCUT2D eigenvalue weighted by Gasteiger charge is 2.56. The fraction of sp³-hybridized carbons (Fsp3) is 0.389. The number of allylic oxidation sites excluding steroid dienone is 14. The van der Waals surface area contributed by atoms with Crippen LogP contribution in [0.4, 0.5) is 0 Å². The Morgan fingerprint density at radius 2 is 0.875 bits per heavy atom. The molecule has 252 valence electrons. The molecule has 0 aromatic rings. The second-order valence-corrected chi connectivity index (χ2v) is 12.4. The maximum absolute atomic E-state index is 12.8. The molecule has 0 aromatic carbocycles. The van der Waals surface area contributed by atoms with Gasteiger partial charge in [0.05, 0.1) is 11.1 Å². The molecule has 2 saturated heterocycles. The number of rotatable bonds is 6. The second kappa shape index (κ2) is 13.8. The third kappa shape index (κ3) is 7.17. The smallest absolute Gasteiger partial charge is 0.348 e. The molecular formula is C36H36O12. The summed E-state index contributed by atoms with van der Waals surface area (Å²) >= 11 is 0. The highest BCUT2D eigenvalue weighted by Crippen LogP contribution is 2.45. The van der Waals surface area contributed by atoms with E-state index in [0.717, 1.165) is 0 Å². The molecule has 2 N–H and O–H groups in total. The zero-order valence-corrected chi connectivity index (χ0v) is 26.6. The van der Waals surface area contributed by atoms with Crippen molar-refractivity contribution in [2.45, 2.75) is 76.8 Å². The summed E-state index contributed by atoms with van der Waals surface area (Å²) in [5.41, 5.74) is -0.246. The zero-order valence-electron chi connectivity index (χ0n) is 26.6. The van der Waals surface area contributed by atoms with Crippen LogP contribution in [0.3, 0.4) is 0 Å². The van der Waals surface area contributed by atoms with Gasteiger partial charge < -0.3 is 29.2 Å². The lowest BCUT2D eigenvalue weighted by atomic mass is 9.87. The minimum Gasteiger partial charge on any atom is -0.511 e. The number of Topliss-reactive ketones (excluding diaryl/α,β-unsaturated/α-hetero) is 2. The number of carbonyl (C=O) groups is 6. The van der Waals surface area contributed by atoms with Gasteiger partial charge in [-0.15, -0.1) is 0 Å². The molecule has 5 aliphatic rings. The van der Waals surface area contributed by atoms with Crippen LogP contribution >= 0.6 is 0 Å². The Morgan fingerprint density at radius 3 is 1.21 bits per heavy atom. The van der Waals surface area contributed by atoms with Crippen LogP contribution in [-0.2, 0) is 47.7 Å². The molecule has 2 atom stereocenters. The van der Waals surface area contributed by atoms with Crippen molar-refractivity contribution in [3.63, 3.8) is 0 Å². The normalized spacial score (nSPS) is 30.3. The van der Waals surface area contributed by atoms with E-state index in [1.54, 1.807) is 0 Å². The van der Waals surface area contributed by atoms with E-state index >= 15 is 0 Å². The van der Waals surface area contributed by atoms with Gasteiger partial charge in [0.2, 0.25) is 0 Å². The molecule has 5 rings (SSSR count). The monoisotopic (exact) mass is 660 g/mol. The largest absolute Gasteiger partial charge is 0.511 e. The van der Waals surface area contributed by atoms with Crippen molar-refractivity contribution >= 4 is 35.4 Å². The van der Waals surface area contributed by atoms with Crippen LogP contribution < -0.4 is 0 Å². The van der Waals surface area contributed by atoms with E-state index < -0.39 is 35.5 Å². The quantitative estimate of drug-likeness (QED) is 0.171. The standard InChI is InChI=1S/C36H36O12/c1-21-13-15-27(37)23(29(21)39)9-5-3-7-11-25-31(41)45-35(46-32(25)42)17-19-36(20-18-35)47-33(43)26(34(44)48-36)12-8-4-6-10-24-28(38)16-14-22(2)30(24)40/h3-12,21-22,39-40H,13-20H2,1-2H3/b7-3+,8-4?,9-5+,10-6?,25-11?,26-12?. The van der Waals surface area contributed by atoms with Crippen LogP contribution in [0.2, 0.25) is 0 Å². The first kappa shape index (κ1) is 34.1. The fourth-order valence-corrected chi connectivity index (χ4v) is 5.94. The van der Waals surface area contributed by atoms with Gasteiger partial charge in [-0.1, -0.05) is 50.3 Å². The third-order valence-corrected chi connectivity index (χ3v) is 8.96. The van der Waals surface area contributed by atoms with Gasteiger partial charge in [0, 0.05) is 50.4 Å². The Morgan fingerprint density at radius 1 is 0.542 bits per heavy atom.